The molecular weight excluding hydrogens is 248 g/mol. The van der Waals surface area contributed by atoms with Gasteiger partial charge in [0, 0.05) is 13.1 Å². The summed E-state index contributed by atoms with van der Waals surface area (Å²) in [5, 5.41) is 8.87. The van der Waals surface area contributed by atoms with Gasteiger partial charge in [-0.1, -0.05) is 18.2 Å². The van der Waals surface area contributed by atoms with Crippen LogP contribution in [0.4, 0.5) is 0 Å². The first kappa shape index (κ1) is 14.6. The van der Waals surface area contributed by atoms with E-state index in [-0.39, 0.29) is 11.8 Å². The zero-order valence-electron chi connectivity index (χ0n) is 12.4. The Labute approximate surface area is 121 Å². The normalized spacial score (nSPS) is 14.4. The number of fused-ring (bicyclic) bond motifs is 1. The summed E-state index contributed by atoms with van der Waals surface area (Å²) in [5.41, 5.74) is 3.94. The van der Waals surface area contributed by atoms with Gasteiger partial charge in [0.05, 0.1) is 18.4 Å². The number of nitriles is 1. The van der Waals surface area contributed by atoms with Gasteiger partial charge in [-0.25, -0.2) is 0 Å². The molecule has 3 heteroatoms. The average molecular weight is 270 g/mol. The standard InChI is InChI=1S/C17H22N2O/c1-3-19(12-13(2)11-18)17(20)10-14-7-8-15-5-4-6-16(15)9-14/h7-9,13H,3-6,10,12H2,1-2H3/t13-/m1/s1. The molecule has 1 amide bonds. The van der Waals surface area contributed by atoms with E-state index in [1.807, 2.05) is 13.8 Å². The molecular formula is C17H22N2O. The summed E-state index contributed by atoms with van der Waals surface area (Å²) in [6, 6.07) is 8.61. The molecule has 0 spiro atoms. The molecule has 0 saturated heterocycles. The molecule has 2 rings (SSSR count). The molecule has 0 saturated carbocycles. The van der Waals surface area contributed by atoms with Gasteiger partial charge in [-0.15, -0.1) is 0 Å². The summed E-state index contributed by atoms with van der Waals surface area (Å²) < 4.78 is 0. The Hall–Kier alpha value is -1.82. The largest absolute Gasteiger partial charge is 0.341 e. The van der Waals surface area contributed by atoms with Crippen LogP contribution < -0.4 is 0 Å². The van der Waals surface area contributed by atoms with E-state index in [0.29, 0.717) is 19.5 Å². The fourth-order valence-electron chi connectivity index (χ4n) is 2.80. The van der Waals surface area contributed by atoms with Gasteiger partial charge in [0.15, 0.2) is 0 Å². The van der Waals surface area contributed by atoms with Gasteiger partial charge < -0.3 is 4.90 Å². The van der Waals surface area contributed by atoms with Crippen LogP contribution in [0.25, 0.3) is 0 Å². The maximum atomic E-state index is 12.3. The van der Waals surface area contributed by atoms with Gasteiger partial charge >= 0.3 is 0 Å². The molecule has 0 N–H and O–H groups in total. The third-order valence-corrected chi connectivity index (χ3v) is 3.97. The minimum absolute atomic E-state index is 0.112. The molecule has 0 fully saturated rings. The zero-order valence-corrected chi connectivity index (χ0v) is 12.4. The molecule has 1 aliphatic carbocycles. The van der Waals surface area contributed by atoms with Crippen molar-refractivity contribution in [2.45, 2.75) is 39.5 Å². The second kappa shape index (κ2) is 6.56. The molecule has 20 heavy (non-hydrogen) atoms. The quantitative estimate of drug-likeness (QED) is 0.825. The summed E-state index contributed by atoms with van der Waals surface area (Å²) in [6.45, 7) is 5.00. The second-order valence-corrected chi connectivity index (χ2v) is 5.60. The molecule has 0 aromatic heterocycles. The highest BCUT2D eigenvalue weighted by atomic mass is 16.2. The first-order valence-corrected chi connectivity index (χ1v) is 7.42. The van der Waals surface area contributed by atoms with Gasteiger partial charge in [-0.3, -0.25) is 4.79 Å². The zero-order chi connectivity index (χ0) is 14.5. The molecule has 0 unspecified atom stereocenters. The van der Waals surface area contributed by atoms with Gasteiger partial charge in [0.2, 0.25) is 5.91 Å². The fourth-order valence-corrected chi connectivity index (χ4v) is 2.80. The smallest absolute Gasteiger partial charge is 0.227 e. The lowest BCUT2D eigenvalue weighted by Crippen LogP contribution is -2.35. The molecule has 0 radical (unpaired) electrons. The minimum atomic E-state index is -0.112. The number of amides is 1. The molecule has 1 aliphatic rings. The van der Waals surface area contributed by atoms with Crippen LogP contribution in [0.15, 0.2) is 18.2 Å². The van der Waals surface area contributed by atoms with E-state index >= 15 is 0 Å². The predicted molar refractivity (Wildman–Crippen MR) is 79.2 cm³/mol. The van der Waals surface area contributed by atoms with Crippen molar-refractivity contribution in [2.24, 2.45) is 5.92 Å². The van der Waals surface area contributed by atoms with Crippen LogP contribution in [0.5, 0.6) is 0 Å². The number of carbonyl (C=O) groups excluding carboxylic acids is 1. The maximum Gasteiger partial charge on any atom is 0.227 e. The molecule has 1 aromatic carbocycles. The highest BCUT2D eigenvalue weighted by molar-refractivity contribution is 5.78. The first-order valence-electron chi connectivity index (χ1n) is 7.42. The molecule has 1 atom stereocenters. The molecule has 3 nitrogen and oxygen atoms in total. The summed E-state index contributed by atoms with van der Waals surface area (Å²) in [5.74, 6) is 0.00599. The van der Waals surface area contributed by atoms with Gasteiger partial charge in [0.25, 0.3) is 0 Å². The van der Waals surface area contributed by atoms with E-state index in [1.165, 1.54) is 24.0 Å². The second-order valence-electron chi connectivity index (χ2n) is 5.60. The molecule has 0 heterocycles. The minimum Gasteiger partial charge on any atom is -0.341 e. The summed E-state index contributed by atoms with van der Waals surface area (Å²) in [7, 11) is 0. The van der Waals surface area contributed by atoms with Crippen molar-refractivity contribution >= 4 is 5.91 Å². The van der Waals surface area contributed by atoms with E-state index < -0.39 is 0 Å². The third kappa shape index (κ3) is 3.39. The van der Waals surface area contributed by atoms with Gasteiger partial charge in [-0.05, 0) is 49.8 Å². The van der Waals surface area contributed by atoms with Crippen molar-refractivity contribution < 1.29 is 4.79 Å². The van der Waals surface area contributed by atoms with Crippen molar-refractivity contribution in [2.75, 3.05) is 13.1 Å². The number of hydrogen-bond donors (Lipinski definition) is 0. The highest BCUT2D eigenvalue weighted by Gasteiger charge is 2.17. The van der Waals surface area contributed by atoms with Crippen LogP contribution in [-0.4, -0.2) is 23.9 Å². The van der Waals surface area contributed by atoms with Gasteiger partial charge in [-0.2, -0.15) is 5.26 Å². The molecule has 1 aromatic rings. The topological polar surface area (TPSA) is 44.1 Å². The summed E-state index contributed by atoms with van der Waals surface area (Å²) in [4.78, 5) is 14.1. The number of rotatable bonds is 5. The molecule has 0 aliphatic heterocycles. The number of likely N-dealkylation sites (N-methyl/N-ethyl adjacent to an activating group) is 1. The Morgan fingerprint density at radius 2 is 2.15 bits per heavy atom. The lowest BCUT2D eigenvalue weighted by atomic mass is 10.0. The van der Waals surface area contributed by atoms with Crippen molar-refractivity contribution in [3.63, 3.8) is 0 Å². The number of aryl methyl sites for hydroxylation is 2. The van der Waals surface area contributed by atoms with Crippen molar-refractivity contribution in [3.8, 4) is 6.07 Å². The van der Waals surface area contributed by atoms with Crippen LogP contribution in [-0.2, 0) is 24.1 Å². The van der Waals surface area contributed by atoms with E-state index in [9.17, 15) is 4.79 Å². The van der Waals surface area contributed by atoms with Crippen molar-refractivity contribution in [1.82, 2.24) is 4.90 Å². The average Bonchev–Trinajstić information content (AvgIpc) is 2.91. The summed E-state index contributed by atoms with van der Waals surface area (Å²) >= 11 is 0. The number of hydrogen-bond acceptors (Lipinski definition) is 2. The van der Waals surface area contributed by atoms with Crippen LogP contribution in [0.1, 0.15) is 37.0 Å². The number of nitrogens with zero attached hydrogens (tertiary/aromatic N) is 2. The van der Waals surface area contributed by atoms with Crippen molar-refractivity contribution in [1.29, 1.82) is 5.26 Å². The Bertz CT molecular complexity index is 530. The maximum absolute atomic E-state index is 12.3. The van der Waals surface area contributed by atoms with Crippen molar-refractivity contribution in [3.05, 3.63) is 34.9 Å². The van der Waals surface area contributed by atoms with E-state index in [1.54, 1.807) is 4.90 Å². The van der Waals surface area contributed by atoms with Crippen LogP contribution in [0.2, 0.25) is 0 Å². The SMILES string of the molecule is CCN(C[C@H](C)C#N)C(=O)Cc1ccc2c(c1)CCC2. The third-order valence-electron chi connectivity index (χ3n) is 3.97. The Balaban J connectivity index is 2.01. The molecule has 0 bridgehead atoms. The Morgan fingerprint density at radius 1 is 1.40 bits per heavy atom. The monoisotopic (exact) mass is 270 g/mol. The summed E-state index contributed by atoms with van der Waals surface area (Å²) in [6.07, 6.45) is 3.98. The molecule has 106 valence electrons. The van der Waals surface area contributed by atoms with Crippen LogP contribution in [0.3, 0.4) is 0 Å². The first-order chi connectivity index (χ1) is 9.63. The van der Waals surface area contributed by atoms with Gasteiger partial charge in [0.1, 0.15) is 0 Å². The fraction of sp³-hybridized carbons (Fsp3) is 0.529. The number of carbonyl (C=O) groups is 1. The predicted octanol–water partition coefficient (Wildman–Crippen LogP) is 2.73. The number of benzene rings is 1. The van der Waals surface area contributed by atoms with Crippen LogP contribution in [0, 0.1) is 17.2 Å². The Kier molecular flexibility index (Phi) is 4.79. The van der Waals surface area contributed by atoms with E-state index in [2.05, 4.69) is 24.3 Å². The lowest BCUT2D eigenvalue weighted by Gasteiger charge is -2.22. The Morgan fingerprint density at radius 3 is 2.85 bits per heavy atom. The lowest BCUT2D eigenvalue weighted by molar-refractivity contribution is -0.130. The van der Waals surface area contributed by atoms with E-state index in [0.717, 1.165) is 12.0 Å². The van der Waals surface area contributed by atoms with E-state index in [4.69, 9.17) is 5.26 Å². The van der Waals surface area contributed by atoms with Crippen LogP contribution >= 0.6 is 0 Å². The highest BCUT2D eigenvalue weighted by Crippen LogP contribution is 2.23.